The van der Waals surface area contributed by atoms with Crippen molar-refractivity contribution in [3.63, 3.8) is 0 Å². The quantitative estimate of drug-likeness (QED) is 0.219. The van der Waals surface area contributed by atoms with Gasteiger partial charge in [-0.25, -0.2) is 0 Å². The van der Waals surface area contributed by atoms with Gasteiger partial charge in [-0.2, -0.15) is 0 Å². The standard InChI is InChI=1S/C27H24F3NO7/c1-4-35-18-11-12-19(21(14-18)36-5-2)24(32)22-23(20-13-6-15(3)37-20)31(26(34)25(22)33)16-7-9-17(10-8-16)38-27(28,29)30/h6-14,23,32H,4-5H2,1-3H3/b24-22-. The number of nitrogens with zero attached hydrogens (tertiary/aromatic N) is 1. The van der Waals surface area contributed by atoms with Crippen LogP contribution in [0.4, 0.5) is 18.9 Å². The van der Waals surface area contributed by atoms with Crippen LogP contribution in [0.15, 0.2) is 64.6 Å². The molecule has 0 aliphatic carbocycles. The highest BCUT2D eigenvalue weighted by atomic mass is 19.4. The van der Waals surface area contributed by atoms with Gasteiger partial charge < -0.3 is 23.7 Å². The molecule has 8 nitrogen and oxygen atoms in total. The molecule has 0 saturated carbocycles. The zero-order chi connectivity index (χ0) is 27.6. The number of carbonyl (C=O) groups excluding carboxylic acids is 2. The summed E-state index contributed by atoms with van der Waals surface area (Å²) in [6.07, 6.45) is -4.90. The highest BCUT2D eigenvalue weighted by molar-refractivity contribution is 6.51. The van der Waals surface area contributed by atoms with Crippen LogP contribution in [0, 0.1) is 6.92 Å². The van der Waals surface area contributed by atoms with Crippen molar-refractivity contribution in [1.29, 1.82) is 0 Å². The summed E-state index contributed by atoms with van der Waals surface area (Å²) < 4.78 is 58.6. The van der Waals surface area contributed by atoms with E-state index in [-0.39, 0.29) is 34.9 Å². The van der Waals surface area contributed by atoms with Crippen LogP contribution in [0.25, 0.3) is 5.76 Å². The molecule has 1 aromatic heterocycles. The normalized spacial score (nSPS) is 17.1. The van der Waals surface area contributed by atoms with Crippen molar-refractivity contribution in [1.82, 2.24) is 0 Å². The minimum atomic E-state index is -4.90. The smallest absolute Gasteiger partial charge is 0.507 e. The third-order valence-electron chi connectivity index (χ3n) is 5.64. The minimum absolute atomic E-state index is 0.0939. The second-order valence-corrected chi connectivity index (χ2v) is 8.18. The van der Waals surface area contributed by atoms with E-state index in [9.17, 15) is 27.9 Å². The Morgan fingerprint density at radius 1 is 0.974 bits per heavy atom. The number of Topliss-reactive ketones (excluding diaryl/α,β-unsaturated/α-hetero) is 1. The van der Waals surface area contributed by atoms with E-state index in [1.165, 1.54) is 18.2 Å². The lowest BCUT2D eigenvalue weighted by Crippen LogP contribution is -2.29. The molecule has 11 heteroatoms. The first-order valence-electron chi connectivity index (χ1n) is 11.7. The maximum absolute atomic E-state index is 13.3. The van der Waals surface area contributed by atoms with Crippen LogP contribution in [0.2, 0.25) is 0 Å². The van der Waals surface area contributed by atoms with E-state index in [1.807, 2.05) is 6.92 Å². The van der Waals surface area contributed by atoms with E-state index in [2.05, 4.69) is 4.74 Å². The Morgan fingerprint density at radius 2 is 1.63 bits per heavy atom. The Kier molecular flexibility index (Phi) is 7.38. The molecule has 0 radical (unpaired) electrons. The van der Waals surface area contributed by atoms with Crippen molar-refractivity contribution in [3.8, 4) is 17.2 Å². The summed E-state index contributed by atoms with van der Waals surface area (Å²) in [6, 6.07) is 11.1. The molecular formula is C27H24F3NO7. The number of halogens is 3. The summed E-state index contributed by atoms with van der Waals surface area (Å²) in [5.74, 6) is -1.66. The molecule has 1 unspecified atom stereocenters. The molecule has 4 rings (SSSR count). The molecule has 1 saturated heterocycles. The Bertz CT molecular complexity index is 1380. The molecule has 38 heavy (non-hydrogen) atoms. The molecular weight excluding hydrogens is 507 g/mol. The topological polar surface area (TPSA) is 98.4 Å². The molecule has 0 spiro atoms. The van der Waals surface area contributed by atoms with Crippen LogP contribution in [0.3, 0.4) is 0 Å². The van der Waals surface area contributed by atoms with Crippen LogP contribution >= 0.6 is 0 Å². The van der Waals surface area contributed by atoms with Crippen molar-refractivity contribution in [3.05, 3.63) is 77.3 Å². The number of ketones is 1. The van der Waals surface area contributed by atoms with E-state index >= 15 is 0 Å². The lowest BCUT2D eigenvalue weighted by atomic mass is 9.98. The summed E-state index contributed by atoms with van der Waals surface area (Å²) in [7, 11) is 0. The number of hydrogen-bond acceptors (Lipinski definition) is 7. The van der Waals surface area contributed by atoms with E-state index in [0.29, 0.717) is 18.1 Å². The Hall–Kier alpha value is -4.41. The molecule has 200 valence electrons. The summed E-state index contributed by atoms with van der Waals surface area (Å²) in [6.45, 7) is 5.86. The van der Waals surface area contributed by atoms with Gasteiger partial charge in [0.25, 0.3) is 11.7 Å². The summed E-state index contributed by atoms with van der Waals surface area (Å²) in [5.41, 5.74) is -0.0305. The van der Waals surface area contributed by atoms with Gasteiger partial charge in [-0.3, -0.25) is 14.5 Å². The predicted octanol–water partition coefficient (Wildman–Crippen LogP) is 5.91. The number of rotatable bonds is 8. The number of aliphatic hydroxyl groups is 1. The van der Waals surface area contributed by atoms with Gasteiger partial charge >= 0.3 is 6.36 Å². The van der Waals surface area contributed by atoms with Crippen LogP contribution < -0.4 is 19.1 Å². The molecule has 3 aromatic rings. The van der Waals surface area contributed by atoms with Crippen molar-refractivity contribution >= 4 is 23.1 Å². The van der Waals surface area contributed by atoms with E-state index in [0.717, 1.165) is 17.0 Å². The molecule has 0 bridgehead atoms. The van der Waals surface area contributed by atoms with Gasteiger partial charge in [-0.1, -0.05) is 0 Å². The third-order valence-corrected chi connectivity index (χ3v) is 5.64. The fourth-order valence-electron chi connectivity index (χ4n) is 4.15. The number of anilines is 1. The van der Waals surface area contributed by atoms with Gasteiger partial charge in [0, 0.05) is 11.8 Å². The van der Waals surface area contributed by atoms with Gasteiger partial charge in [0.2, 0.25) is 0 Å². The van der Waals surface area contributed by atoms with Gasteiger partial charge in [-0.05, 0) is 69.3 Å². The van der Waals surface area contributed by atoms with Crippen molar-refractivity contribution in [2.75, 3.05) is 18.1 Å². The first-order chi connectivity index (χ1) is 18.0. The zero-order valence-electron chi connectivity index (χ0n) is 20.7. The van der Waals surface area contributed by atoms with Crippen LogP contribution in [0.5, 0.6) is 17.2 Å². The summed E-state index contributed by atoms with van der Waals surface area (Å²) in [5, 5.41) is 11.4. The number of carbonyl (C=O) groups is 2. The highest BCUT2D eigenvalue weighted by Crippen LogP contribution is 2.44. The molecule has 1 aliphatic rings. The maximum Gasteiger partial charge on any atom is 0.573 e. The lowest BCUT2D eigenvalue weighted by Gasteiger charge is -2.24. The minimum Gasteiger partial charge on any atom is -0.507 e. The van der Waals surface area contributed by atoms with Crippen LogP contribution in [0.1, 0.15) is 37.0 Å². The monoisotopic (exact) mass is 531 g/mol. The first-order valence-corrected chi connectivity index (χ1v) is 11.7. The maximum atomic E-state index is 13.3. The van der Waals surface area contributed by atoms with E-state index in [4.69, 9.17) is 13.9 Å². The van der Waals surface area contributed by atoms with Gasteiger partial charge in [0.15, 0.2) is 0 Å². The number of aryl methyl sites for hydroxylation is 1. The van der Waals surface area contributed by atoms with Gasteiger partial charge in [0.1, 0.15) is 40.6 Å². The van der Waals surface area contributed by atoms with E-state index < -0.39 is 35.6 Å². The van der Waals surface area contributed by atoms with E-state index in [1.54, 1.807) is 38.1 Å². The second-order valence-electron chi connectivity index (χ2n) is 8.18. The van der Waals surface area contributed by atoms with Crippen molar-refractivity contribution in [2.45, 2.75) is 33.2 Å². The molecule has 1 atom stereocenters. The zero-order valence-corrected chi connectivity index (χ0v) is 20.7. The molecule has 2 heterocycles. The van der Waals surface area contributed by atoms with Crippen molar-refractivity contribution < 1.29 is 46.5 Å². The highest BCUT2D eigenvalue weighted by Gasteiger charge is 2.48. The Balaban J connectivity index is 1.85. The average molecular weight is 531 g/mol. The molecule has 1 aliphatic heterocycles. The fourth-order valence-corrected chi connectivity index (χ4v) is 4.15. The SMILES string of the molecule is CCOc1ccc(/C(O)=C2/C(=O)C(=O)N(c3ccc(OC(F)(F)F)cc3)C2c2ccc(C)o2)c(OCC)c1. The summed E-state index contributed by atoms with van der Waals surface area (Å²) in [4.78, 5) is 27.6. The molecule has 2 aromatic carbocycles. The Labute approximate surface area is 215 Å². The Morgan fingerprint density at radius 3 is 2.21 bits per heavy atom. The predicted molar refractivity (Wildman–Crippen MR) is 130 cm³/mol. The number of aliphatic hydroxyl groups excluding tert-OH is 1. The number of benzene rings is 2. The number of hydrogen-bond donors (Lipinski definition) is 1. The molecule has 1 fully saturated rings. The second kappa shape index (κ2) is 10.5. The number of ether oxygens (including phenoxy) is 3. The molecule has 1 amide bonds. The average Bonchev–Trinajstić information content (AvgIpc) is 3.39. The van der Waals surface area contributed by atoms with Gasteiger partial charge in [0.05, 0.1) is 24.4 Å². The number of furan rings is 1. The largest absolute Gasteiger partial charge is 0.573 e. The van der Waals surface area contributed by atoms with Crippen LogP contribution in [-0.4, -0.2) is 36.4 Å². The number of alkyl halides is 3. The lowest BCUT2D eigenvalue weighted by molar-refractivity contribution is -0.274. The summed E-state index contributed by atoms with van der Waals surface area (Å²) >= 11 is 0. The fraction of sp³-hybridized carbons (Fsp3) is 0.259. The first kappa shape index (κ1) is 26.6. The molecule has 1 N–H and O–H groups in total. The van der Waals surface area contributed by atoms with Crippen molar-refractivity contribution in [2.24, 2.45) is 0 Å². The van der Waals surface area contributed by atoms with Crippen LogP contribution in [-0.2, 0) is 9.59 Å². The van der Waals surface area contributed by atoms with Gasteiger partial charge in [-0.15, -0.1) is 13.2 Å². The number of amides is 1. The third kappa shape index (κ3) is 5.31.